The van der Waals surface area contributed by atoms with Crippen LogP contribution >= 0.6 is 0 Å². The van der Waals surface area contributed by atoms with E-state index in [2.05, 4.69) is 17.1 Å². The van der Waals surface area contributed by atoms with Gasteiger partial charge in [0.05, 0.1) is 23.8 Å². The zero-order chi connectivity index (χ0) is 23.8. The van der Waals surface area contributed by atoms with Crippen LogP contribution in [0.1, 0.15) is 16.7 Å². The highest BCUT2D eigenvalue weighted by Gasteiger charge is 2.24. The Balaban J connectivity index is 1.55. The molecule has 0 aliphatic rings. The molecule has 6 aromatic rings. The Bertz CT molecular complexity index is 1780. The van der Waals surface area contributed by atoms with Crippen LogP contribution in [0.5, 0.6) is 0 Å². The lowest BCUT2D eigenvalue weighted by Gasteiger charge is -2.02. The maximum absolute atomic E-state index is 13.7. The summed E-state index contributed by atoms with van der Waals surface area (Å²) in [6, 6.07) is 25.8. The predicted octanol–water partition coefficient (Wildman–Crippen LogP) is 4.15. The van der Waals surface area contributed by atoms with E-state index in [0.717, 1.165) is 28.6 Å². The van der Waals surface area contributed by atoms with Crippen LogP contribution < -0.4 is 10.5 Å². The van der Waals surface area contributed by atoms with Crippen molar-refractivity contribution in [2.45, 2.75) is 19.9 Å². The number of benzene rings is 3. The van der Waals surface area contributed by atoms with Crippen molar-refractivity contribution < 1.29 is 4.98 Å². The fourth-order valence-electron chi connectivity index (χ4n) is 4.33. The molecular formula is C28H23N6O+. The minimum Gasteiger partial charge on any atom is -0.250 e. The van der Waals surface area contributed by atoms with Crippen LogP contribution in [0, 0.1) is 6.92 Å². The van der Waals surface area contributed by atoms with Gasteiger partial charge in [-0.1, -0.05) is 66.7 Å². The summed E-state index contributed by atoms with van der Waals surface area (Å²) in [5.41, 5.74) is 6.30. The lowest BCUT2D eigenvalue weighted by Crippen LogP contribution is -2.27. The minimum absolute atomic E-state index is 0.117. The summed E-state index contributed by atoms with van der Waals surface area (Å²) in [7, 11) is 0. The fraction of sp³-hybridized carbons (Fsp3) is 0.107. The summed E-state index contributed by atoms with van der Waals surface area (Å²) in [4.78, 5) is 26.6. The highest BCUT2D eigenvalue weighted by molar-refractivity contribution is 6.03. The highest BCUT2D eigenvalue weighted by atomic mass is 16.1. The Hall–Kier alpha value is -4.65. The van der Waals surface area contributed by atoms with Crippen LogP contribution in [0.4, 0.5) is 0 Å². The van der Waals surface area contributed by atoms with Crippen LogP contribution in [0.25, 0.3) is 33.2 Å². The number of rotatable bonds is 5. The molecule has 170 valence electrons. The zero-order valence-electron chi connectivity index (χ0n) is 19.2. The fourth-order valence-corrected chi connectivity index (χ4v) is 4.33. The number of aryl methyl sites for hydroxylation is 3. The van der Waals surface area contributed by atoms with Crippen molar-refractivity contribution in [1.82, 2.24) is 19.2 Å². The maximum atomic E-state index is 13.7. The van der Waals surface area contributed by atoms with E-state index in [4.69, 9.17) is 15.1 Å². The summed E-state index contributed by atoms with van der Waals surface area (Å²) in [6.45, 7) is 2.59. The first-order valence-electron chi connectivity index (χ1n) is 11.5. The van der Waals surface area contributed by atoms with E-state index < -0.39 is 0 Å². The van der Waals surface area contributed by atoms with Crippen molar-refractivity contribution in [2.24, 2.45) is 5.10 Å². The quantitative estimate of drug-likeness (QED) is 0.363. The van der Waals surface area contributed by atoms with E-state index in [1.165, 1.54) is 5.56 Å². The molecule has 0 bridgehead atoms. The van der Waals surface area contributed by atoms with Crippen LogP contribution in [0.3, 0.4) is 0 Å². The van der Waals surface area contributed by atoms with Crippen LogP contribution in [0.15, 0.2) is 95.1 Å². The molecule has 0 aliphatic heterocycles. The van der Waals surface area contributed by atoms with Gasteiger partial charge in [0.25, 0.3) is 5.65 Å². The van der Waals surface area contributed by atoms with Gasteiger partial charge in [-0.2, -0.15) is 0 Å². The number of fused-ring (bicyclic) bond motifs is 4. The monoisotopic (exact) mass is 459 g/mol. The molecule has 0 unspecified atom stereocenters. The van der Waals surface area contributed by atoms with Gasteiger partial charge in [-0.25, -0.2) is 24.3 Å². The van der Waals surface area contributed by atoms with Gasteiger partial charge in [-0.15, -0.1) is 9.78 Å². The Labute approximate surface area is 201 Å². The number of H-pyrrole nitrogens is 1. The average molecular weight is 460 g/mol. The molecule has 0 fully saturated rings. The SMILES string of the molecule is Cc1ccccc1/C=N/n1c2nc3ccccc3nc2c2c(=O)n(CCc3ccccc3)c[nH+]c21. The molecule has 6 rings (SSSR count). The first kappa shape index (κ1) is 20.9. The lowest BCUT2D eigenvalue weighted by atomic mass is 10.1. The van der Waals surface area contributed by atoms with Gasteiger partial charge in [0.2, 0.25) is 5.65 Å². The molecule has 3 heterocycles. The van der Waals surface area contributed by atoms with Gasteiger partial charge in [0.15, 0.2) is 11.7 Å². The van der Waals surface area contributed by atoms with E-state index in [-0.39, 0.29) is 5.56 Å². The van der Waals surface area contributed by atoms with Crippen LogP contribution in [-0.2, 0) is 13.0 Å². The van der Waals surface area contributed by atoms with Gasteiger partial charge >= 0.3 is 5.56 Å². The summed E-state index contributed by atoms with van der Waals surface area (Å²) >= 11 is 0. The van der Waals surface area contributed by atoms with E-state index in [1.807, 2.05) is 73.7 Å². The first-order chi connectivity index (χ1) is 17.2. The van der Waals surface area contributed by atoms with Gasteiger partial charge < -0.3 is 0 Å². The van der Waals surface area contributed by atoms with Crippen LogP contribution in [0.2, 0.25) is 0 Å². The van der Waals surface area contributed by atoms with E-state index >= 15 is 0 Å². The topological polar surface area (TPSA) is 79.2 Å². The predicted molar refractivity (Wildman–Crippen MR) is 138 cm³/mol. The summed E-state index contributed by atoms with van der Waals surface area (Å²) in [5, 5.41) is 5.22. The molecule has 0 saturated heterocycles. The second kappa shape index (κ2) is 8.61. The Morgan fingerprint density at radius 1 is 0.914 bits per heavy atom. The number of hydrogen-bond donors (Lipinski definition) is 0. The van der Waals surface area contributed by atoms with Crippen molar-refractivity contribution >= 4 is 39.4 Å². The second-order valence-corrected chi connectivity index (χ2v) is 8.53. The molecule has 35 heavy (non-hydrogen) atoms. The van der Waals surface area contributed by atoms with Gasteiger partial charge in [-0.3, -0.25) is 0 Å². The molecule has 0 amide bonds. The first-order valence-corrected chi connectivity index (χ1v) is 11.5. The molecule has 7 heteroatoms. The second-order valence-electron chi connectivity index (χ2n) is 8.53. The van der Waals surface area contributed by atoms with Crippen LogP contribution in [-0.4, -0.2) is 25.4 Å². The van der Waals surface area contributed by atoms with Gasteiger partial charge in [-0.05, 0) is 35.7 Å². The number of aromatic amines is 1. The van der Waals surface area contributed by atoms with Crippen molar-refractivity contribution in [3.05, 3.63) is 112 Å². The largest absolute Gasteiger partial charge is 0.322 e. The smallest absolute Gasteiger partial charge is 0.250 e. The Morgan fingerprint density at radius 2 is 1.63 bits per heavy atom. The van der Waals surface area contributed by atoms with Crippen molar-refractivity contribution in [3.63, 3.8) is 0 Å². The average Bonchev–Trinajstić information content (AvgIpc) is 3.20. The molecular weight excluding hydrogens is 436 g/mol. The molecule has 0 spiro atoms. The normalized spacial score (nSPS) is 11.8. The minimum atomic E-state index is -0.117. The number of aromatic nitrogens is 5. The van der Waals surface area contributed by atoms with E-state index in [9.17, 15) is 4.79 Å². The van der Waals surface area contributed by atoms with Gasteiger partial charge in [0, 0.05) is 6.42 Å². The molecule has 3 aromatic carbocycles. The Kier molecular flexibility index (Phi) is 5.15. The summed E-state index contributed by atoms with van der Waals surface area (Å²) in [6.07, 6.45) is 4.25. The highest BCUT2D eigenvalue weighted by Crippen LogP contribution is 2.24. The Morgan fingerprint density at radius 3 is 2.43 bits per heavy atom. The summed E-state index contributed by atoms with van der Waals surface area (Å²) < 4.78 is 3.38. The van der Waals surface area contributed by atoms with E-state index in [0.29, 0.717) is 28.7 Å². The molecule has 0 saturated carbocycles. The zero-order valence-corrected chi connectivity index (χ0v) is 19.2. The summed E-state index contributed by atoms with van der Waals surface area (Å²) in [5.74, 6) is 0. The maximum Gasteiger partial charge on any atom is 0.322 e. The third-order valence-corrected chi connectivity index (χ3v) is 6.25. The third-order valence-electron chi connectivity index (χ3n) is 6.25. The number of hydrogen-bond acceptors (Lipinski definition) is 4. The molecule has 0 atom stereocenters. The number of para-hydroxylation sites is 2. The van der Waals surface area contributed by atoms with Crippen molar-refractivity contribution in [3.8, 4) is 0 Å². The molecule has 0 radical (unpaired) electrons. The molecule has 1 N–H and O–H groups in total. The molecule has 3 aromatic heterocycles. The molecule has 7 nitrogen and oxygen atoms in total. The third kappa shape index (κ3) is 3.77. The van der Waals surface area contributed by atoms with Crippen molar-refractivity contribution in [2.75, 3.05) is 0 Å². The van der Waals surface area contributed by atoms with Crippen molar-refractivity contribution in [1.29, 1.82) is 0 Å². The lowest BCUT2D eigenvalue weighted by molar-refractivity contribution is -0.357. The van der Waals surface area contributed by atoms with Gasteiger partial charge in [0.1, 0.15) is 5.52 Å². The van der Waals surface area contributed by atoms with E-state index in [1.54, 1.807) is 21.8 Å². The molecule has 0 aliphatic carbocycles. The number of nitrogens with zero attached hydrogens (tertiary/aromatic N) is 5. The standard InChI is InChI=1S/C28H22N6O/c1-19-9-5-6-12-21(19)17-30-34-26-24(25-27(34)32-23-14-8-7-13-22(23)31-25)28(35)33(18-29-26)16-15-20-10-3-2-4-11-20/h2-14,17-18H,15-16H2,1H3/p+1/b30-17+. The number of nitrogens with one attached hydrogen (secondary N) is 1.